The monoisotopic (exact) mass is 499 g/mol. The lowest BCUT2D eigenvalue weighted by molar-refractivity contribution is -0.118. The van der Waals surface area contributed by atoms with Crippen molar-refractivity contribution >= 4 is 46.8 Å². The molecule has 0 aromatic heterocycles. The number of halogens is 1. The Morgan fingerprint density at radius 3 is 2.46 bits per heavy atom. The van der Waals surface area contributed by atoms with Gasteiger partial charge in [0.05, 0.1) is 7.11 Å². The van der Waals surface area contributed by atoms with Gasteiger partial charge in [-0.15, -0.1) is 12.4 Å². The van der Waals surface area contributed by atoms with Crippen LogP contribution in [-0.2, 0) is 16.1 Å². The zero-order valence-corrected chi connectivity index (χ0v) is 20.2. The van der Waals surface area contributed by atoms with Gasteiger partial charge in [-0.1, -0.05) is 54.6 Å². The number of methoxy groups -OCH3 is 1. The average Bonchev–Trinajstić information content (AvgIpc) is 2.84. The van der Waals surface area contributed by atoms with E-state index in [2.05, 4.69) is 15.6 Å². The Balaban J connectivity index is 0.00000432. The number of ether oxygens (including phenoxy) is 2. The fourth-order valence-electron chi connectivity index (χ4n) is 3.43. The molecule has 35 heavy (non-hydrogen) atoms. The number of nitrogens with one attached hydrogen (secondary N) is 2. The Bertz CT molecular complexity index is 1150. The number of aliphatic imine (C=N–C) groups is 1. The molecule has 3 aromatic carbocycles. The summed E-state index contributed by atoms with van der Waals surface area (Å²) in [6, 6.07) is 19.7. The SMILES string of the molecule is COc1cc(NC(=O)[C@H](CCCN=C(N)N)NC(=O)OCc2ccccc2)cc2ccccc12.Cl. The summed E-state index contributed by atoms with van der Waals surface area (Å²) < 4.78 is 10.8. The number of anilines is 1. The summed E-state index contributed by atoms with van der Waals surface area (Å²) in [5.74, 6) is 0.214. The molecule has 3 aromatic rings. The summed E-state index contributed by atoms with van der Waals surface area (Å²) in [5, 5.41) is 7.35. The lowest BCUT2D eigenvalue weighted by Crippen LogP contribution is -2.44. The molecule has 0 aliphatic heterocycles. The maximum absolute atomic E-state index is 13.1. The third-order valence-corrected chi connectivity index (χ3v) is 5.08. The van der Waals surface area contributed by atoms with Gasteiger partial charge in [0.1, 0.15) is 18.4 Å². The van der Waals surface area contributed by atoms with E-state index in [1.807, 2.05) is 60.7 Å². The number of fused-ring (bicyclic) bond motifs is 1. The highest BCUT2D eigenvalue weighted by molar-refractivity contribution is 6.00. The summed E-state index contributed by atoms with van der Waals surface area (Å²) in [6.45, 7) is 0.424. The van der Waals surface area contributed by atoms with Crippen LogP contribution in [0.4, 0.5) is 10.5 Å². The minimum atomic E-state index is -0.852. The third kappa shape index (κ3) is 8.38. The van der Waals surface area contributed by atoms with Crippen LogP contribution in [-0.4, -0.2) is 37.7 Å². The summed E-state index contributed by atoms with van der Waals surface area (Å²) in [5.41, 5.74) is 12.1. The zero-order valence-electron chi connectivity index (χ0n) is 19.4. The molecule has 0 heterocycles. The zero-order chi connectivity index (χ0) is 24.3. The predicted molar refractivity (Wildman–Crippen MR) is 140 cm³/mol. The van der Waals surface area contributed by atoms with Crippen LogP contribution in [0.1, 0.15) is 18.4 Å². The van der Waals surface area contributed by atoms with E-state index in [1.54, 1.807) is 13.2 Å². The molecule has 0 aliphatic carbocycles. The molecule has 0 spiro atoms. The topological polar surface area (TPSA) is 141 Å². The first-order valence-corrected chi connectivity index (χ1v) is 10.9. The van der Waals surface area contributed by atoms with Gasteiger partial charge in [-0.3, -0.25) is 9.79 Å². The van der Waals surface area contributed by atoms with Crippen molar-refractivity contribution in [2.75, 3.05) is 19.0 Å². The van der Waals surface area contributed by atoms with Gasteiger partial charge in [0.15, 0.2) is 5.96 Å². The summed E-state index contributed by atoms with van der Waals surface area (Å²) in [7, 11) is 1.57. The van der Waals surface area contributed by atoms with Crippen molar-refractivity contribution in [1.29, 1.82) is 0 Å². The molecular formula is C25H30ClN5O4. The number of benzene rings is 3. The van der Waals surface area contributed by atoms with E-state index in [0.717, 1.165) is 16.3 Å². The minimum absolute atomic E-state index is 0. The molecule has 0 saturated carbocycles. The number of rotatable bonds is 10. The van der Waals surface area contributed by atoms with Crippen molar-refractivity contribution in [2.45, 2.75) is 25.5 Å². The second kappa shape index (κ2) is 13.7. The molecule has 0 fully saturated rings. The Kier molecular flexibility index (Phi) is 10.6. The van der Waals surface area contributed by atoms with E-state index in [0.29, 0.717) is 30.8 Å². The number of guanidine groups is 1. The largest absolute Gasteiger partial charge is 0.496 e. The Morgan fingerprint density at radius 1 is 1.03 bits per heavy atom. The van der Waals surface area contributed by atoms with Gasteiger partial charge < -0.3 is 31.6 Å². The van der Waals surface area contributed by atoms with Gasteiger partial charge in [-0.2, -0.15) is 0 Å². The second-order valence-electron chi connectivity index (χ2n) is 7.60. The Hall–Kier alpha value is -3.98. The highest BCUT2D eigenvalue weighted by Crippen LogP contribution is 2.29. The lowest BCUT2D eigenvalue weighted by atomic mass is 10.1. The molecular weight excluding hydrogens is 470 g/mol. The standard InChI is InChI=1S/C25H29N5O4.ClH/c1-33-22-15-19(14-18-10-5-6-11-20(18)22)29-23(31)21(12-7-13-28-24(26)27)30-25(32)34-16-17-8-3-2-4-9-17;/h2-6,8-11,14-15,21H,7,12-13,16H2,1H3,(H,29,31)(H,30,32)(H4,26,27,28);1H/t21-;/m0./s1. The normalized spacial score (nSPS) is 11.0. The molecule has 0 unspecified atom stereocenters. The van der Waals surface area contributed by atoms with E-state index in [9.17, 15) is 9.59 Å². The average molecular weight is 500 g/mol. The number of nitrogens with two attached hydrogens (primary N) is 2. The minimum Gasteiger partial charge on any atom is -0.496 e. The molecule has 0 aliphatic rings. The van der Waals surface area contributed by atoms with E-state index < -0.39 is 18.0 Å². The van der Waals surface area contributed by atoms with Gasteiger partial charge in [0, 0.05) is 23.7 Å². The van der Waals surface area contributed by atoms with E-state index in [1.165, 1.54) is 0 Å². The smallest absolute Gasteiger partial charge is 0.408 e. The maximum Gasteiger partial charge on any atom is 0.408 e. The number of alkyl carbamates (subject to hydrolysis) is 1. The predicted octanol–water partition coefficient (Wildman–Crippen LogP) is 3.56. The van der Waals surface area contributed by atoms with Crippen LogP contribution in [0.5, 0.6) is 5.75 Å². The summed E-state index contributed by atoms with van der Waals surface area (Å²) >= 11 is 0. The first-order chi connectivity index (χ1) is 16.5. The number of hydrogen-bond acceptors (Lipinski definition) is 5. The van der Waals surface area contributed by atoms with Gasteiger partial charge in [-0.25, -0.2) is 4.79 Å². The maximum atomic E-state index is 13.1. The summed E-state index contributed by atoms with van der Waals surface area (Å²) in [4.78, 5) is 29.4. The van der Waals surface area contributed by atoms with Crippen molar-refractivity contribution in [1.82, 2.24) is 5.32 Å². The lowest BCUT2D eigenvalue weighted by Gasteiger charge is -2.19. The van der Waals surface area contributed by atoms with Crippen molar-refractivity contribution in [2.24, 2.45) is 16.5 Å². The first-order valence-electron chi connectivity index (χ1n) is 10.9. The Morgan fingerprint density at radius 2 is 1.74 bits per heavy atom. The molecule has 10 heteroatoms. The second-order valence-corrected chi connectivity index (χ2v) is 7.60. The molecule has 0 radical (unpaired) electrons. The number of hydrogen-bond donors (Lipinski definition) is 4. The molecule has 9 nitrogen and oxygen atoms in total. The van der Waals surface area contributed by atoms with Crippen LogP contribution in [0.25, 0.3) is 10.8 Å². The van der Waals surface area contributed by atoms with Crippen LogP contribution >= 0.6 is 12.4 Å². The molecule has 3 rings (SSSR count). The van der Waals surface area contributed by atoms with Crippen LogP contribution in [0.3, 0.4) is 0 Å². The van der Waals surface area contributed by atoms with Crippen LogP contribution in [0.15, 0.2) is 71.7 Å². The van der Waals surface area contributed by atoms with Crippen molar-refractivity contribution < 1.29 is 19.1 Å². The fourth-order valence-corrected chi connectivity index (χ4v) is 3.43. The van der Waals surface area contributed by atoms with Gasteiger partial charge in [-0.05, 0) is 29.9 Å². The highest BCUT2D eigenvalue weighted by Gasteiger charge is 2.22. The molecule has 186 valence electrons. The molecule has 2 amide bonds. The molecule has 0 bridgehead atoms. The van der Waals surface area contributed by atoms with E-state index in [4.69, 9.17) is 20.9 Å². The van der Waals surface area contributed by atoms with Gasteiger partial charge in [0.2, 0.25) is 5.91 Å². The Labute approximate surface area is 210 Å². The van der Waals surface area contributed by atoms with Crippen LogP contribution in [0.2, 0.25) is 0 Å². The molecule has 6 N–H and O–H groups in total. The number of amides is 2. The van der Waals surface area contributed by atoms with Gasteiger partial charge >= 0.3 is 6.09 Å². The van der Waals surface area contributed by atoms with Crippen molar-refractivity contribution in [3.05, 3.63) is 72.3 Å². The van der Waals surface area contributed by atoms with E-state index in [-0.39, 0.29) is 25.0 Å². The van der Waals surface area contributed by atoms with Gasteiger partial charge in [0.25, 0.3) is 0 Å². The molecule has 0 saturated heterocycles. The summed E-state index contributed by atoms with van der Waals surface area (Å²) in [6.07, 6.45) is 0.103. The molecule has 1 atom stereocenters. The number of nitrogens with zero attached hydrogens (tertiary/aromatic N) is 1. The van der Waals surface area contributed by atoms with E-state index >= 15 is 0 Å². The van der Waals surface area contributed by atoms with Crippen molar-refractivity contribution in [3.8, 4) is 5.75 Å². The van der Waals surface area contributed by atoms with Crippen molar-refractivity contribution in [3.63, 3.8) is 0 Å². The quantitative estimate of drug-likeness (QED) is 0.191. The fraction of sp³-hybridized carbons (Fsp3) is 0.240. The number of carbonyl (C=O) groups excluding carboxylic acids is 2. The highest BCUT2D eigenvalue weighted by atomic mass is 35.5. The first kappa shape index (κ1) is 27.3. The van der Waals surface area contributed by atoms with Crippen LogP contribution in [0, 0.1) is 0 Å². The third-order valence-electron chi connectivity index (χ3n) is 5.08. The van der Waals surface area contributed by atoms with Crippen LogP contribution < -0.4 is 26.8 Å². The number of carbonyl (C=O) groups is 2.